The Morgan fingerprint density at radius 2 is 2.18 bits per heavy atom. The van der Waals surface area contributed by atoms with E-state index in [1.54, 1.807) is 12.4 Å². The molecule has 0 radical (unpaired) electrons. The van der Waals surface area contributed by atoms with Crippen LogP contribution in [0.25, 0.3) is 0 Å². The van der Waals surface area contributed by atoms with E-state index in [2.05, 4.69) is 15.3 Å². The minimum absolute atomic E-state index is 0.0189. The molecule has 0 unspecified atom stereocenters. The summed E-state index contributed by atoms with van der Waals surface area (Å²) in [5.74, 6) is 0.329. The Bertz CT molecular complexity index is 949. The fraction of sp³-hybridized carbons (Fsp3) is 0.278. The lowest BCUT2D eigenvalue weighted by molar-refractivity contribution is -0.137. The summed E-state index contributed by atoms with van der Waals surface area (Å²) in [6, 6.07) is 4.46. The highest BCUT2D eigenvalue weighted by Gasteiger charge is 2.30. The van der Waals surface area contributed by atoms with Gasteiger partial charge in [-0.05, 0) is 25.1 Å². The van der Waals surface area contributed by atoms with Gasteiger partial charge in [0, 0.05) is 18.9 Å². The molecule has 1 aromatic carbocycles. The first-order valence-electron chi connectivity index (χ1n) is 8.39. The number of rotatable bonds is 7. The SMILES string of the molecule is CCn1ccnc1CNC(=O)c1coc(COc2cccc(C(F)(F)F)c2)n1. The van der Waals surface area contributed by atoms with Gasteiger partial charge in [-0.3, -0.25) is 4.79 Å². The van der Waals surface area contributed by atoms with Crippen molar-refractivity contribution >= 4 is 5.91 Å². The average molecular weight is 394 g/mol. The number of aromatic nitrogens is 3. The van der Waals surface area contributed by atoms with Crippen molar-refractivity contribution in [2.24, 2.45) is 0 Å². The van der Waals surface area contributed by atoms with E-state index in [4.69, 9.17) is 9.15 Å². The quantitative estimate of drug-likeness (QED) is 0.664. The van der Waals surface area contributed by atoms with Gasteiger partial charge in [-0.25, -0.2) is 9.97 Å². The van der Waals surface area contributed by atoms with E-state index in [0.717, 1.165) is 24.9 Å². The normalized spacial score (nSPS) is 11.4. The molecule has 148 valence electrons. The van der Waals surface area contributed by atoms with Gasteiger partial charge in [0.1, 0.15) is 17.8 Å². The van der Waals surface area contributed by atoms with Crippen LogP contribution in [0, 0.1) is 0 Å². The number of hydrogen-bond acceptors (Lipinski definition) is 5. The summed E-state index contributed by atoms with van der Waals surface area (Å²) in [5, 5.41) is 2.68. The van der Waals surface area contributed by atoms with Gasteiger partial charge < -0.3 is 19.0 Å². The maximum atomic E-state index is 12.7. The summed E-state index contributed by atoms with van der Waals surface area (Å²) in [6.45, 7) is 2.70. The van der Waals surface area contributed by atoms with Crippen molar-refractivity contribution in [3.05, 3.63) is 65.9 Å². The first-order chi connectivity index (χ1) is 13.4. The highest BCUT2D eigenvalue weighted by Crippen LogP contribution is 2.31. The van der Waals surface area contributed by atoms with Gasteiger partial charge in [0.05, 0.1) is 12.1 Å². The predicted octanol–water partition coefficient (Wildman–Crippen LogP) is 3.42. The van der Waals surface area contributed by atoms with Gasteiger partial charge >= 0.3 is 6.18 Å². The maximum absolute atomic E-state index is 12.7. The minimum Gasteiger partial charge on any atom is -0.484 e. The molecular weight excluding hydrogens is 377 g/mol. The number of halogens is 3. The van der Waals surface area contributed by atoms with E-state index in [0.29, 0.717) is 5.82 Å². The first-order valence-corrected chi connectivity index (χ1v) is 8.39. The van der Waals surface area contributed by atoms with Crippen molar-refractivity contribution in [2.45, 2.75) is 32.8 Å². The predicted molar refractivity (Wildman–Crippen MR) is 91.4 cm³/mol. The molecule has 3 aromatic rings. The molecule has 0 saturated heterocycles. The molecule has 1 N–H and O–H groups in total. The van der Waals surface area contributed by atoms with E-state index < -0.39 is 17.6 Å². The Kier molecular flexibility index (Phi) is 5.67. The monoisotopic (exact) mass is 394 g/mol. The number of carbonyl (C=O) groups is 1. The molecule has 0 aliphatic heterocycles. The van der Waals surface area contributed by atoms with Crippen LogP contribution < -0.4 is 10.1 Å². The molecular formula is C18H17F3N4O3. The highest BCUT2D eigenvalue weighted by molar-refractivity contribution is 5.91. The largest absolute Gasteiger partial charge is 0.484 e. The summed E-state index contributed by atoms with van der Waals surface area (Å²) >= 11 is 0. The zero-order chi connectivity index (χ0) is 20.1. The molecule has 0 bridgehead atoms. The summed E-state index contributed by atoms with van der Waals surface area (Å²) in [7, 11) is 0. The number of amides is 1. The molecule has 0 aliphatic carbocycles. The molecule has 28 heavy (non-hydrogen) atoms. The number of carbonyl (C=O) groups excluding carboxylic acids is 1. The van der Waals surface area contributed by atoms with E-state index in [9.17, 15) is 18.0 Å². The topological polar surface area (TPSA) is 82.2 Å². The second kappa shape index (κ2) is 8.15. The second-order valence-corrected chi connectivity index (χ2v) is 5.75. The van der Waals surface area contributed by atoms with Crippen LogP contribution in [0.2, 0.25) is 0 Å². The number of imidazole rings is 1. The molecule has 2 aromatic heterocycles. The van der Waals surface area contributed by atoms with Gasteiger partial charge in [0.25, 0.3) is 5.91 Å². The molecule has 0 saturated carbocycles. The van der Waals surface area contributed by atoms with Gasteiger partial charge in [0.15, 0.2) is 12.3 Å². The standard InChI is InChI=1S/C18H17F3N4O3/c1-2-25-7-6-22-15(25)9-23-17(26)14-10-28-16(24-14)11-27-13-5-3-4-12(8-13)18(19,20)21/h3-8,10H,2,9,11H2,1H3,(H,23,26). The van der Waals surface area contributed by atoms with Gasteiger partial charge in [-0.15, -0.1) is 0 Å². The van der Waals surface area contributed by atoms with E-state index in [1.807, 2.05) is 11.5 Å². The number of nitrogens with zero attached hydrogens (tertiary/aromatic N) is 3. The van der Waals surface area contributed by atoms with Crippen molar-refractivity contribution in [3.8, 4) is 5.75 Å². The fourth-order valence-electron chi connectivity index (χ4n) is 2.43. The van der Waals surface area contributed by atoms with Crippen LogP contribution in [0.1, 0.15) is 34.7 Å². The van der Waals surface area contributed by atoms with Crippen molar-refractivity contribution in [1.29, 1.82) is 0 Å². The molecule has 0 spiro atoms. The van der Waals surface area contributed by atoms with Crippen LogP contribution in [-0.4, -0.2) is 20.4 Å². The van der Waals surface area contributed by atoms with Crippen molar-refractivity contribution in [2.75, 3.05) is 0 Å². The molecule has 10 heteroatoms. The van der Waals surface area contributed by atoms with Crippen LogP contribution in [0.5, 0.6) is 5.75 Å². The van der Waals surface area contributed by atoms with E-state index in [1.165, 1.54) is 12.1 Å². The smallest absolute Gasteiger partial charge is 0.416 e. The summed E-state index contributed by atoms with van der Waals surface area (Å²) < 4.78 is 50.4. The average Bonchev–Trinajstić information content (AvgIpc) is 3.33. The molecule has 3 rings (SSSR count). The van der Waals surface area contributed by atoms with Gasteiger partial charge in [0.2, 0.25) is 5.89 Å². The number of hydrogen-bond donors (Lipinski definition) is 1. The van der Waals surface area contributed by atoms with Gasteiger partial charge in [-0.2, -0.15) is 13.2 Å². The Labute approximate surface area is 158 Å². The third-order valence-electron chi connectivity index (χ3n) is 3.86. The zero-order valence-corrected chi connectivity index (χ0v) is 14.9. The van der Waals surface area contributed by atoms with Crippen molar-refractivity contribution in [3.63, 3.8) is 0 Å². The Morgan fingerprint density at radius 3 is 2.93 bits per heavy atom. The summed E-state index contributed by atoms with van der Waals surface area (Å²) in [6.07, 6.45) is 0.150. The summed E-state index contributed by atoms with van der Waals surface area (Å²) in [4.78, 5) is 20.3. The minimum atomic E-state index is -4.46. The number of alkyl halides is 3. The first kappa shape index (κ1) is 19.5. The Balaban J connectivity index is 1.56. The lowest BCUT2D eigenvalue weighted by Gasteiger charge is -2.09. The zero-order valence-electron chi connectivity index (χ0n) is 14.9. The molecule has 1 amide bonds. The highest BCUT2D eigenvalue weighted by atomic mass is 19.4. The van der Waals surface area contributed by atoms with Crippen LogP contribution in [-0.2, 0) is 25.9 Å². The number of ether oxygens (including phenoxy) is 1. The van der Waals surface area contributed by atoms with E-state index in [-0.39, 0.29) is 30.5 Å². The summed E-state index contributed by atoms with van der Waals surface area (Å²) in [5.41, 5.74) is -0.778. The number of oxazole rings is 1. The number of benzene rings is 1. The maximum Gasteiger partial charge on any atom is 0.416 e. The van der Waals surface area contributed by atoms with Crippen LogP contribution in [0.15, 0.2) is 47.3 Å². The lowest BCUT2D eigenvalue weighted by Crippen LogP contribution is -2.25. The third kappa shape index (κ3) is 4.70. The molecule has 2 heterocycles. The molecule has 0 atom stereocenters. The second-order valence-electron chi connectivity index (χ2n) is 5.75. The van der Waals surface area contributed by atoms with Crippen LogP contribution >= 0.6 is 0 Å². The molecule has 0 fully saturated rings. The third-order valence-corrected chi connectivity index (χ3v) is 3.86. The molecule has 7 nitrogen and oxygen atoms in total. The van der Waals surface area contributed by atoms with Crippen LogP contribution in [0.4, 0.5) is 13.2 Å². The Hall–Kier alpha value is -3.30. The Morgan fingerprint density at radius 1 is 1.36 bits per heavy atom. The number of aryl methyl sites for hydroxylation is 1. The molecule has 0 aliphatic rings. The van der Waals surface area contributed by atoms with Crippen LogP contribution in [0.3, 0.4) is 0 Å². The van der Waals surface area contributed by atoms with Gasteiger partial charge in [-0.1, -0.05) is 6.07 Å². The van der Waals surface area contributed by atoms with E-state index >= 15 is 0 Å². The fourth-order valence-corrected chi connectivity index (χ4v) is 2.43. The number of nitrogens with one attached hydrogen (secondary N) is 1. The van der Waals surface area contributed by atoms with Crippen molar-refractivity contribution in [1.82, 2.24) is 19.9 Å². The lowest BCUT2D eigenvalue weighted by atomic mass is 10.2. The van der Waals surface area contributed by atoms with Crippen molar-refractivity contribution < 1.29 is 27.1 Å².